The van der Waals surface area contributed by atoms with Gasteiger partial charge in [-0.1, -0.05) is 30.6 Å². The predicted molar refractivity (Wildman–Crippen MR) is 130 cm³/mol. The highest BCUT2D eigenvalue weighted by atomic mass is 35.5. The summed E-state index contributed by atoms with van der Waals surface area (Å²) in [6, 6.07) is 8.20. The van der Waals surface area contributed by atoms with Crippen molar-refractivity contribution in [1.29, 1.82) is 0 Å². The molecule has 35 heavy (non-hydrogen) atoms. The van der Waals surface area contributed by atoms with Crippen LogP contribution in [0.3, 0.4) is 0 Å². The first-order valence-corrected chi connectivity index (χ1v) is 11.9. The van der Waals surface area contributed by atoms with Gasteiger partial charge in [-0.15, -0.1) is 0 Å². The third-order valence-electron chi connectivity index (χ3n) is 6.14. The number of hydrogen-bond donors (Lipinski definition) is 1. The number of aromatic nitrogens is 3. The Hall–Kier alpha value is -3.46. The third-order valence-corrected chi connectivity index (χ3v) is 6.37. The first kappa shape index (κ1) is 24.7. The molecule has 1 atom stereocenters. The summed E-state index contributed by atoms with van der Waals surface area (Å²) in [5, 5.41) is 7.59. The van der Waals surface area contributed by atoms with Crippen molar-refractivity contribution in [2.24, 2.45) is 11.8 Å². The lowest BCUT2D eigenvalue weighted by atomic mass is 9.94. The van der Waals surface area contributed by atoms with Crippen LogP contribution in [-0.2, 0) is 4.79 Å². The van der Waals surface area contributed by atoms with Gasteiger partial charge in [0.2, 0.25) is 17.6 Å². The van der Waals surface area contributed by atoms with Crippen LogP contribution in [0.15, 0.2) is 47.2 Å². The molecule has 0 aliphatic carbocycles. The number of benzene rings is 1. The average Bonchev–Trinajstić information content (AvgIpc) is 3.37. The summed E-state index contributed by atoms with van der Waals surface area (Å²) in [5.41, 5.74) is 1.16. The van der Waals surface area contributed by atoms with E-state index in [1.165, 1.54) is 7.11 Å². The molecular weight excluding hydrogens is 470 g/mol. The Morgan fingerprint density at radius 3 is 2.66 bits per heavy atom. The van der Waals surface area contributed by atoms with Gasteiger partial charge in [-0.25, -0.2) is 0 Å². The zero-order chi connectivity index (χ0) is 24.9. The van der Waals surface area contributed by atoms with Gasteiger partial charge in [0, 0.05) is 42.0 Å². The number of nitrogens with zero attached hydrogens (tertiary/aromatic N) is 4. The fourth-order valence-electron chi connectivity index (χ4n) is 4.12. The number of carbonyl (C=O) groups is 2. The van der Waals surface area contributed by atoms with Gasteiger partial charge in [-0.3, -0.25) is 14.6 Å². The van der Waals surface area contributed by atoms with E-state index in [-0.39, 0.29) is 23.7 Å². The van der Waals surface area contributed by atoms with Crippen molar-refractivity contribution in [3.05, 3.63) is 59.2 Å². The molecule has 184 valence electrons. The molecule has 0 saturated carbocycles. The van der Waals surface area contributed by atoms with Crippen LogP contribution >= 0.6 is 11.6 Å². The number of amides is 2. The second-order valence-corrected chi connectivity index (χ2v) is 9.28. The highest BCUT2D eigenvalue weighted by molar-refractivity contribution is 6.31. The van der Waals surface area contributed by atoms with Crippen molar-refractivity contribution >= 4 is 23.4 Å². The van der Waals surface area contributed by atoms with Gasteiger partial charge in [0.05, 0.1) is 12.7 Å². The molecule has 0 spiro atoms. The third kappa shape index (κ3) is 5.62. The van der Waals surface area contributed by atoms with Crippen LogP contribution in [-0.4, -0.2) is 52.0 Å². The van der Waals surface area contributed by atoms with Gasteiger partial charge in [-0.05, 0) is 49.1 Å². The van der Waals surface area contributed by atoms with E-state index in [0.717, 1.165) is 5.56 Å². The minimum absolute atomic E-state index is 0.0399. The molecule has 1 saturated heterocycles. The topological polar surface area (TPSA) is 110 Å². The number of methoxy groups -OCH3 is 1. The number of nitrogens with one attached hydrogen (secondary N) is 1. The van der Waals surface area contributed by atoms with E-state index in [4.69, 9.17) is 20.9 Å². The van der Waals surface area contributed by atoms with Gasteiger partial charge in [0.1, 0.15) is 11.8 Å². The molecular formula is C25H28ClN5O4. The molecule has 0 bridgehead atoms. The van der Waals surface area contributed by atoms with Crippen molar-refractivity contribution in [3.8, 4) is 17.1 Å². The van der Waals surface area contributed by atoms with Crippen LogP contribution in [0, 0.1) is 11.8 Å². The SMILES string of the molecule is COc1ccc(Cl)cc1C(=O)N1CCC(C(=O)NC(c2nc(-c3cccnc3)no2)C(C)C)CC1. The predicted octanol–water partition coefficient (Wildman–Crippen LogP) is 4.16. The summed E-state index contributed by atoms with van der Waals surface area (Å²) in [5.74, 6) is 0.836. The quantitative estimate of drug-likeness (QED) is 0.521. The van der Waals surface area contributed by atoms with E-state index >= 15 is 0 Å². The molecule has 3 aromatic rings. The zero-order valence-electron chi connectivity index (χ0n) is 19.9. The Morgan fingerprint density at radius 2 is 2.00 bits per heavy atom. The number of likely N-dealkylation sites (tertiary alicyclic amines) is 1. The highest BCUT2D eigenvalue weighted by Crippen LogP contribution is 2.28. The molecule has 9 nitrogen and oxygen atoms in total. The Bertz CT molecular complexity index is 1180. The van der Waals surface area contributed by atoms with Crippen LogP contribution < -0.4 is 10.1 Å². The lowest BCUT2D eigenvalue weighted by Gasteiger charge is -2.32. The maximum atomic E-state index is 13.1. The van der Waals surface area contributed by atoms with E-state index in [9.17, 15) is 9.59 Å². The van der Waals surface area contributed by atoms with Gasteiger partial charge in [0.25, 0.3) is 5.91 Å². The monoisotopic (exact) mass is 497 g/mol. The van der Waals surface area contributed by atoms with Gasteiger partial charge >= 0.3 is 0 Å². The van der Waals surface area contributed by atoms with Gasteiger partial charge in [0.15, 0.2) is 0 Å². The van der Waals surface area contributed by atoms with Crippen molar-refractivity contribution in [3.63, 3.8) is 0 Å². The molecule has 10 heteroatoms. The average molecular weight is 498 g/mol. The van der Waals surface area contributed by atoms with Crippen LogP contribution in [0.1, 0.15) is 49.0 Å². The Morgan fingerprint density at radius 1 is 1.23 bits per heavy atom. The van der Waals surface area contributed by atoms with E-state index < -0.39 is 6.04 Å². The standard InChI is InChI=1S/C25H28ClN5O4/c1-15(2)21(24-29-22(30-35-24)17-5-4-10-27-14-17)28-23(32)16-8-11-31(12-9-16)25(33)19-13-18(26)6-7-20(19)34-3/h4-7,10,13-16,21H,8-9,11-12H2,1-3H3,(H,28,32). The molecule has 4 rings (SSSR count). The number of ether oxygens (including phenoxy) is 1. The fourth-order valence-corrected chi connectivity index (χ4v) is 4.29. The molecule has 1 aromatic carbocycles. The smallest absolute Gasteiger partial charge is 0.257 e. The first-order chi connectivity index (χ1) is 16.9. The van der Waals surface area contributed by atoms with Crippen molar-refractivity contribution in [1.82, 2.24) is 25.3 Å². The number of rotatable bonds is 7. The Kier molecular flexibility index (Phi) is 7.65. The second kappa shape index (κ2) is 10.9. The molecule has 2 aromatic heterocycles. The van der Waals surface area contributed by atoms with E-state index in [1.807, 2.05) is 19.9 Å². The zero-order valence-corrected chi connectivity index (χ0v) is 20.7. The minimum atomic E-state index is -0.421. The first-order valence-electron chi connectivity index (χ1n) is 11.5. The maximum Gasteiger partial charge on any atom is 0.257 e. The van der Waals surface area contributed by atoms with Crippen molar-refractivity contribution < 1.29 is 18.8 Å². The summed E-state index contributed by atoms with van der Waals surface area (Å²) in [6.07, 6.45) is 4.43. The fraction of sp³-hybridized carbons (Fsp3) is 0.400. The van der Waals surface area contributed by atoms with E-state index in [0.29, 0.717) is 54.0 Å². The van der Waals surface area contributed by atoms with Crippen LogP contribution in [0.4, 0.5) is 0 Å². The molecule has 1 aliphatic rings. The molecule has 1 unspecified atom stereocenters. The second-order valence-electron chi connectivity index (χ2n) is 8.84. The maximum absolute atomic E-state index is 13.1. The summed E-state index contributed by atoms with van der Waals surface area (Å²) >= 11 is 6.08. The number of hydrogen-bond acceptors (Lipinski definition) is 7. The van der Waals surface area contributed by atoms with Crippen molar-refractivity contribution in [2.75, 3.05) is 20.2 Å². The number of carbonyl (C=O) groups excluding carboxylic acids is 2. The lowest BCUT2D eigenvalue weighted by Crippen LogP contribution is -2.44. The van der Waals surface area contributed by atoms with Crippen molar-refractivity contribution in [2.45, 2.75) is 32.7 Å². The lowest BCUT2D eigenvalue weighted by molar-refractivity contribution is -0.127. The van der Waals surface area contributed by atoms with Gasteiger partial charge in [-0.2, -0.15) is 4.98 Å². The summed E-state index contributed by atoms with van der Waals surface area (Å²) < 4.78 is 10.8. The van der Waals surface area contributed by atoms with E-state index in [2.05, 4.69) is 20.4 Å². The molecule has 1 aliphatic heterocycles. The summed E-state index contributed by atoms with van der Waals surface area (Å²) in [6.45, 7) is 4.90. The van der Waals surface area contributed by atoms with Crippen LogP contribution in [0.25, 0.3) is 11.4 Å². The van der Waals surface area contributed by atoms with Crippen LogP contribution in [0.2, 0.25) is 5.02 Å². The van der Waals surface area contributed by atoms with Crippen LogP contribution in [0.5, 0.6) is 5.75 Å². The Labute approximate surface area is 208 Å². The Balaban J connectivity index is 1.38. The molecule has 2 amide bonds. The summed E-state index contributed by atoms with van der Waals surface area (Å²) in [7, 11) is 1.52. The molecule has 1 N–H and O–H groups in total. The minimum Gasteiger partial charge on any atom is -0.496 e. The molecule has 1 fully saturated rings. The molecule has 0 radical (unpaired) electrons. The highest BCUT2D eigenvalue weighted by Gasteiger charge is 2.32. The largest absolute Gasteiger partial charge is 0.496 e. The van der Waals surface area contributed by atoms with E-state index in [1.54, 1.807) is 41.6 Å². The normalized spacial score (nSPS) is 15.2. The van der Waals surface area contributed by atoms with Gasteiger partial charge < -0.3 is 19.5 Å². The number of pyridine rings is 1. The number of halogens is 1. The number of piperidine rings is 1. The summed E-state index contributed by atoms with van der Waals surface area (Å²) in [4.78, 5) is 36.4. The molecule has 3 heterocycles.